The lowest BCUT2D eigenvalue weighted by atomic mass is 10.2. The van der Waals surface area contributed by atoms with E-state index in [1.165, 1.54) is 6.07 Å². The maximum Gasteiger partial charge on any atom is 0.167 e. The summed E-state index contributed by atoms with van der Waals surface area (Å²) in [5.74, 6) is 0.929. The van der Waals surface area contributed by atoms with E-state index in [-0.39, 0.29) is 5.75 Å². The van der Waals surface area contributed by atoms with Crippen LogP contribution in [0.1, 0.15) is 26.7 Å². The Labute approximate surface area is 119 Å². The van der Waals surface area contributed by atoms with Gasteiger partial charge < -0.3 is 15.8 Å². The minimum atomic E-state index is -0.409. The van der Waals surface area contributed by atoms with Crippen molar-refractivity contribution in [1.29, 1.82) is 0 Å². The van der Waals surface area contributed by atoms with E-state index in [9.17, 15) is 4.39 Å². The van der Waals surface area contributed by atoms with Crippen LogP contribution in [0.4, 0.5) is 15.8 Å². The summed E-state index contributed by atoms with van der Waals surface area (Å²) in [6.07, 6.45) is 3.95. The summed E-state index contributed by atoms with van der Waals surface area (Å²) in [6, 6.07) is 3.25. The molecule has 0 saturated carbocycles. The molecule has 0 aromatic heterocycles. The second-order valence-corrected chi connectivity index (χ2v) is 5.53. The van der Waals surface area contributed by atoms with Crippen LogP contribution < -0.4 is 15.8 Å². The number of anilines is 2. The largest absolute Gasteiger partial charge is 0.490 e. The van der Waals surface area contributed by atoms with Gasteiger partial charge in [-0.3, -0.25) is 0 Å². The first-order valence-corrected chi connectivity index (χ1v) is 7.95. The lowest BCUT2D eigenvalue weighted by Gasteiger charge is -2.18. The molecule has 1 aromatic carbocycles. The van der Waals surface area contributed by atoms with Crippen LogP contribution in [0.25, 0.3) is 0 Å². The van der Waals surface area contributed by atoms with Gasteiger partial charge in [-0.1, -0.05) is 6.92 Å². The topological polar surface area (TPSA) is 47.3 Å². The van der Waals surface area contributed by atoms with Gasteiger partial charge >= 0.3 is 0 Å². The number of hydrogen-bond acceptors (Lipinski definition) is 4. The Balaban J connectivity index is 2.76. The Bertz CT molecular complexity index is 401. The van der Waals surface area contributed by atoms with Crippen LogP contribution in [0, 0.1) is 5.82 Å². The van der Waals surface area contributed by atoms with Crippen molar-refractivity contribution in [3.05, 3.63) is 17.9 Å². The van der Waals surface area contributed by atoms with Crippen molar-refractivity contribution >= 4 is 23.1 Å². The molecule has 0 heterocycles. The van der Waals surface area contributed by atoms with Gasteiger partial charge in [-0.15, -0.1) is 0 Å². The van der Waals surface area contributed by atoms with Gasteiger partial charge in [0.15, 0.2) is 11.6 Å². The number of nitrogen functional groups attached to an aromatic ring is 1. The van der Waals surface area contributed by atoms with Gasteiger partial charge in [0, 0.05) is 18.2 Å². The smallest absolute Gasteiger partial charge is 0.167 e. The van der Waals surface area contributed by atoms with E-state index >= 15 is 0 Å². The van der Waals surface area contributed by atoms with Gasteiger partial charge in [-0.2, -0.15) is 11.8 Å². The average Bonchev–Trinajstić information content (AvgIpc) is 2.38. The third-order valence-electron chi connectivity index (χ3n) is 2.72. The third-order valence-corrected chi connectivity index (χ3v) is 3.37. The molecule has 1 unspecified atom stereocenters. The molecule has 3 nitrogen and oxygen atoms in total. The van der Waals surface area contributed by atoms with Crippen molar-refractivity contribution in [1.82, 2.24) is 0 Å². The summed E-state index contributed by atoms with van der Waals surface area (Å²) in [4.78, 5) is 0. The molecule has 0 aliphatic rings. The number of thioether (sulfide) groups is 1. The van der Waals surface area contributed by atoms with Gasteiger partial charge in [0.1, 0.15) is 0 Å². The summed E-state index contributed by atoms with van der Waals surface area (Å²) >= 11 is 1.81. The molecule has 5 heteroatoms. The quantitative estimate of drug-likeness (QED) is 0.715. The fourth-order valence-electron chi connectivity index (χ4n) is 1.65. The van der Waals surface area contributed by atoms with Crippen LogP contribution in [0.3, 0.4) is 0 Å². The summed E-state index contributed by atoms with van der Waals surface area (Å²) in [5.41, 5.74) is 6.98. The number of ether oxygens (including phenoxy) is 1. The number of halogens is 1. The molecule has 0 fully saturated rings. The molecule has 0 amide bonds. The first-order valence-electron chi connectivity index (χ1n) is 6.55. The molecule has 0 aliphatic carbocycles. The number of nitrogens with one attached hydrogen (secondary N) is 1. The van der Waals surface area contributed by atoms with Crippen molar-refractivity contribution in [2.24, 2.45) is 0 Å². The monoisotopic (exact) mass is 286 g/mol. The molecule has 108 valence electrons. The van der Waals surface area contributed by atoms with Crippen molar-refractivity contribution in [2.75, 3.05) is 29.7 Å². The third kappa shape index (κ3) is 5.19. The molecule has 1 rings (SSSR count). The van der Waals surface area contributed by atoms with Gasteiger partial charge in [-0.05, 0) is 31.8 Å². The summed E-state index contributed by atoms with van der Waals surface area (Å²) in [7, 11) is 0. The fourth-order valence-corrected chi connectivity index (χ4v) is 2.24. The van der Waals surface area contributed by atoms with E-state index in [4.69, 9.17) is 10.5 Å². The van der Waals surface area contributed by atoms with Crippen LogP contribution in [0.5, 0.6) is 5.75 Å². The van der Waals surface area contributed by atoms with Crippen LogP contribution in [0.15, 0.2) is 12.1 Å². The highest BCUT2D eigenvalue weighted by Crippen LogP contribution is 2.29. The predicted molar refractivity (Wildman–Crippen MR) is 82.7 cm³/mol. The second-order valence-electron chi connectivity index (χ2n) is 4.55. The van der Waals surface area contributed by atoms with Crippen molar-refractivity contribution in [3.8, 4) is 5.75 Å². The zero-order valence-corrected chi connectivity index (χ0v) is 12.6. The average molecular weight is 286 g/mol. The molecule has 0 saturated heterocycles. The Morgan fingerprint density at radius 3 is 2.84 bits per heavy atom. The molecule has 1 aromatic rings. The summed E-state index contributed by atoms with van der Waals surface area (Å²) in [6.45, 7) is 4.58. The predicted octanol–water partition coefficient (Wildman–Crippen LogP) is 3.75. The molecule has 3 N–H and O–H groups in total. The molecule has 0 bridgehead atoms. The normalized spacial score (nSPS) is 12.2. The van der Waals surface area contributed by atoms with Gasteiger partial charge in [-0.25, -0.2) is 4.39 Å². The minimum Gasteiger partial charge on any atom is -0.490 e. The Hall–Kier alpha value is -1.10. The standard InChI is InChI=1S/C14H23FN2OS/c1-4-6-18-14-9-13(12(16)8-11(14)15)17-10(2)5-7-19-3/h8-10,17H,4-7,16H2,1-3H3. The highest BCUT2D eigenvalue weighted by atomic mass is 32.2. The van der Waals surface area contributed by atoms with E-state index in [1.54, 1.807) is 17.8 Å². The summed E-state index contributed by atoms with van der Waals surface area (Å²) < 4.78 is 19.0. The van der Waals surface area contributed by atoms with Crippen LogP contribution in [0.2, 0.25) is 0 Å². The van der Waals surface area contributed by atoms with Gasteiger partial charge in [0.2, 0.25) is 0 Å². The SMILES string of the molecule is CCCOc1cc(NC(C)CCSC)c(N)cc1F. The number of hydrogen-bond donors (Lipinski definition) is 2. The zero-order chi connectivity index (χ0) is 14.3. The molecule has 19 heavy (non-hydrogen) atoms. The highest BCUT2D eigenvalue weighted by molar-refractivity contribution is 7.98. The first kappa shape index (κ1) is 16.0. The molecule has 0 spiro atoms. The Kier molecular flexibility index (Phi) is 6.84. The first-order chi connectivity index (χ1) is 9.08. The number of rotatable bonds is 8. The van der Waals surface area contributed by atoms with Crippen molar-refractivity contribution < 1.29 is 9.13 Å². The van der Waals surface area contributed by atoms with Crippen LogP contribution in [-0.4, -0.2) is 24.7 Å². The van der Waals surface area contributed by atoms with Crippen LogP contribution >= 0.6 is 11.8 Å². The van der Waals surface area contributed by atoms with E-state index in [0.29, 0.717) is 18.3 Å². The van der Waals surface area contributed by atoms with Gasteiger partial charge in [0.05, 0.1) is 18.0 Å². The van der Waals surface area contributed by atoms with E-state index in [1.807, 2.05) is 6.92 Å². The second kappa shape index (κ2) is 8.15. The Morgan fingerprint density at radius 2 is 2.21 bits per heavy atom. The van der Waals surface area contributed by atoms with E-state index in [0.717, 1.165) is 24.3 Å². The maximum absolute atomic E-state index is 13.7. The molecule has 0 aliphatic heterocycles. The van der Waals surface area contributed by atoms with Crippen LogP contribution in [-0.2, 0) is 0 Å². The molecule has 0 radical (unpaired) electrons. The number of nitrogens with two attached hydrogens (primary N) is 1. The molecular weight excluding hydrogens is 263 g/mol. The minimum absolute atomic E-state index is 0.260. The lowest BCUT2D eigenvalue weighted by Crippen LogP contribution is -2.17. The Morgan fingerprint density at radius 1 is 1.47 bits per heavy atom. The van der Waals surface area contributed by atoms with E-state index in [2.05, 4.69) is 18.5 Å². The number of benzene rings is 1. The lowest BCUT2D eigenvalue weighted by molar-refractivity contribution is 0.301. The maximum atomic E-state index is 13.7. The van der Waals surface area contributed by atoms with E-state index < -0.39 is 5.82 Å². The zero-order valence-electron chi connectivity index (χ0n) is 11.8. The molecular formula is C14H23FN2OS. The summed E-state index contributed by atoms with van der Waals surface area (Å²) in [5, 5.41) is 3.30. The van der Waals surface area contributed by atoms with Crippen molar-refractivity contribution in [3.63, 3.8) is 0 Å². The fraction of sp³-hybridized carbons (Fsp3) is 0.571. The highest BCUT2D eigenvalue weighted by Gasteiger charge is 2.11. The molecule has 1 atom stereocenters. The van der Waals surface area contributed by atoms with Crippen molar-refractivity contribution in [2.45, 2.75) is 32.7 Å². The van der Waals surface area contributed by atoms with Gasteiger partial charge in [0.25, 0.3) is 0 Å².